The summed E-state index contributed by atoms with van der Waals surface area (Å²) in [4.78, 5) is 4.46. The van der Waals surface area contributed by atoms with Gasteiger partial charge >= 0.3 is 0 Å². The minimum absolute atomic E-state index is 0.349. The van der Waals surface area contributed by atoms with Crippen molar-refractivity contribution in [2.75, 3.05) is 6.54 Å². The van der Waals surface area contributed by atoms with Crippen LogP contribution in [0, 0.1) is 13.8 Å². The highest BCUT2D eigenvalue weighted by Crippen LogP contribution is 2.15. The number of nitrogens with zero attached hydrogens (tertiary/aromatic N) is 2. The molecule has 2 N–H and O–H groups in total. The van der Waals surface area contributed by atoms with Gasteiger partial charge in [0.1, 0.15) is 5.82 Å². The van der Waals surface area contributed by atoms with Gasteiger partial charge in [0.25, 0.3) is 0 Å². The first-order chi connectivity index (χ1) is 5.57. The number of imidazole rings is 1. The monoisotopic (exact) mass is 167 g/mol. The minimum atomic E-state index is 0.349. The molecule has 0 aromatic carbocycles. The summed E-state index contributed by atoms with van der Waals surface area (Å²) in [7, 11) is 2.04. The summed E-state index contributed by atoms with van der Waals surface area (Å²) in [6.07, 6.45) is 0. The molecule has 1 aromatic rings. The molecule has 3 nitrogen and oxygen atoms in total. The Labute approximate surface area is 73.6 Å². The van der Waals surface area contributed by atoms with Crippen LogP contribution in [-0.2, 0) is 7.05 Å². The van der Waals surface area contributed by atoms with Gasteiger partial charge in [-0.3, -0.25) is 0 Å². The Kier molecular flexibility index (Phi) is 2.52. The molecule has 1 aromatic heterocycles. The van der Waals surface area contributed by atoms with E-state index in [2.05, 4.69) is 23.4 Å². The number of hydrogen-bond donors (Lipinski definition) is 1. The van der Waals surface area contributed by atoms with E-state index in [1.165, 1.54) is 5.69 Å². The van der Waals surface area contributed by atoms with Crippen molar-refractivity contribution >= 4 is 0 Å². The van der Waals surface area contributed by atoms with Crippen LogP contribution in [0.2, 0.25) is 0 Å². The summed E-state index contributed by atoms with van der Waals surface area (Å²) < 4.78 is 2.12. The maximum absolute atomic E-state index is 5.58. The lowest BCUT2D eigenvalue weighted by Crippen LogP contribution is -2.13. The molecule has 0 fully saturated rings. The summed E-state index contributed by atoms with van der Waals surface area (Å²) in [6.45, 7) is 6.86. The molecule has 1 rings (SSSR count). The Morgan fingerprint density at radius 3 is 2.42 bits per heavy atom. The van der Waals surface area contributed by atoms with E-state index in [0.29, 0.717) is 12.5 Å². The topological polar surface area (TPSA) is 43.8 Å². The van der Waals surface area contributed by atoms with Crippen molar-refractivity contribution < 1.29 is 0 Å². The molecule has 1 unspecified atom stereocenters. The van der Waals surface area contributed by atoms with Crippen molar-refractivity contribution in [1.29, 1.82) is 0 Å². The van der Waals surface area contributed by atoms with E-state index in [4.69, 9.17) is 5.73 Å². The summed E-state index contributed by atoms with van der Waals surface area (Å²) in [6, 6.07) is 0. The molecule has 0 bridgehead atoms. The Hall–Kier alpha value is -0.830. The predicted molar refractivity (Wildman–Crippen MR) is 50.2 cm³/mol. The Balaban J connectivity index is 3.08. The first-order valence-electron chi connectivity index (χ1n) is 4.27. The second-order valence-corrected chi connectivity index (χ2v) is 3.34. The molecule has 0 radical (unpaired) electrons. The van der Waals surface area contributed by atoms with Crippen molar-refractivity contribution in [1.82, 2.24) is 9.55 Å². The van der Waals surface area contributed by atoms with Crippen molar-refractivity contribution in [3.63, 3.8) is 0 Å². The molecule has 0 aliphatic carbocycles. The number of rotatable bonds is 2. The van der Waals surface area contributed by atoms with Gasteiger partial charge in [0.05, 0.1) is 5.69 Å². The normalized spacial score (nSPS) is 13.4. The van der Waals surface area contributed by atoms with Gasteiger partial charge in [0, 0.05) is 25.2 Å². The average Bonchev–Trinajstić information content (AvgIpc) is 2.32. The lowest BCUT2D eigenvalue weighted by molar-refractivity contribution is 0.661. The third-order valence-electron chi connectivity index (χ3n) is 2.45. The maximum atomic E-state index is 5.58. The van der Waals surface area contributed by atoms with Crippen LogP contribution in [0.5, 0.6) is 0 Å². The number of aryl methyl sites for hydroxylation is 1. The fourth-order valence-electron chi connectivity index (χ4n) is 1.29. The second-order valence-electron chi connectivity index (χ2n) is 3.34. The second kappa shape index (κ2) is 3.27. The lowest BCUT2D eigenvalue weighted by atomic mass is 10.2. The third kappa shape index (κ3) is 1.37. The standard InChI is InChI=1S/C9H17N3/c1-6(5-10)9-11-7(2)8(3)12(9)4/h6H,5,10H2,1-4H3. The fourth-order valence-corrected chi connectivity index (χ4v) is 1.29. The fraction of sp³-hybridized carbons (Fsp3) is 0.667. The van der Waals surface area contributed by atoms with E-state index in [1.807, 2.05) is 14.0 Å². The largest absolute Gasteiger partial charge is 0.335 e. The van der Waals surface area contributed by atoms with E-state index in [1.54, 1.807) is 0 Å². The van der Waals surface area contributed by atoms with E-state index in [0.717, 1.165) is 11.5 Å². The van der Waals surface area contributed by atoms with Gasteiger partial charge < -0.3 is 10.3 Å². The zero-order chi connectivity index (χ0) is 9.30. The van der Waals surface area contributed by atoms with Gasteiger partial charge in [-0.15, -0.1) is 0 Å². The van der Waals surface area contributed by atoms with Crippen LogP contribution in [0.25, 0.3) is 0 Å². The van der Waals surface area contributed by atoms with Gasteiger partial charge in [0.2, 0.25) is 0 Å². The van der Waals surface area contributed by atoms with Crippen LogP contribution in [0.4, 0.5) is 0 Å². The molecule has 1 atom stereocenters. The van der Waals surface area contributed by atoms with Gasteiger partial charge in [-0.25, -0.2) is 4.98 Å². The molecule has 1 heterocycles. The smallest absolute Gasteiger partial charge is 0.113 e. The Morgan fingerprint density at radius 2 is 2.08 bits per heavy atom. The highest BCUT2D eigenvalue weighted by molar-refractivity contribution is 5.15. The molecule has 0 aliphatic heterocycles. The zero-order valence-electron chi connectivity index (χ0n) is 8.26. The number of hydrogen-bond acceptors (Lipinski definition) is 2. The molecule has 0 spiro atoms. The quantitative estimate of drug-likeness (QED) is 0.716. The molecule has 0 saturated carbocycles. The van der Waals surface area contributed by atoms with Crippen LogP contribution >= 0.6 is 0 Å². The third-order valence-corrected chi connectivity index (χ3v) is 2.45. The first kappa shape index (κ1) is 9.26. The summed E-state index contributed by atoms with van der Waals surface area (Å²) >= 11 is 0. The Morgan fingerprint density at radius 1 is 1.50 bits per heavy atom. The zero-order valence-corrected chi connectivity index (χ0v) is 8.26. The molecule has 0 aliphatic rings. The van der Waals surface area contributed by atoms with Crippen molar-refractivity contribution in [3.05, 3.63) is 17.2 Å². The van der Waals surface area contributed by atoms with Crippen molar-refractivity contribution in [3.8, 4) is 0 Å². The van der Waals surface area contributed by atoms with E-state index >= 15 is 0 Å². The van der Waals surface area contributed by atoms with Crippen LogP contribution in [0.15, 0.2) is 0 Å². The molecular weight excluding hydrogens is 150 g/mol. The van der Waals surface area contributed by atoms with Crippen LogP contribution < -0.4 is 5.73 Å². The first-order valence-corrected chi connectivity index (χ1v) is 4.27. The molecule has 3 heteroatoms. The average molecular weight is 167 g/mol. The number of nitrogens with two attached hydrogens (primary N) is 1. The van der Waals surface area contributed by atoms with Gasteiger partial charge in [-0.1, -0.05) is 6.92 Å². The van der Waals surface area contributed by atoms with Gasteiger partial charge in [-0.2, -0.15) is 0 Å². The van der Waals surface area contributed by atoms with Crippen molar-refractivity contribution in [2.45, 2.75) is 26.7 Å². The molecular formula is C9H17N3. The van der Waals surface area contributed by atoms with Gasteiger partial charge in [-0.05, 0) is 13.8 Å². The summed E-state index contributed by atoms with van der Waals surface area (Å²) in [5.74, 6) is 1.44. The molecule has 0 amide bonds. The van der Waals surface area contributed by atoms with E-state index in [-0.39, 0.29) is 0 Å². The predicted octanol–water partition coefficient (Wildman–Crippen LogP) is 1.10. The van der Waals surface area contributed by atoms with E-state index < -0.39 is 0 Å². The SMILES string of the molecule is Cc1nc(C(C)CN)n(C)c1C. The van der Waals surface area contributed by atoms with Crippen LogP contribution in [-0.4, -0.2) is 16.1 Å². The lowest BCUT2D eigenvalue weighted by Gasteiger charge is -2.08. The maximum Gasteiger partial charge on any atom is 0.113 e. The van der Waals surface area contributed by atoms with Gasteiger partial charge in [0.15, 0.2) is 0 Å². The van der Waals surface area contributed by atoms with E-state index in [9.17, 15) is 0 Å². The molecule has 0 saturated heterocycles. The molecule has 68 valence electrons. The number of aromatic nitrogens is 2. The summed E-state index contributed by atoms with van der Waals surface area (Å²) in [5.41, 5.74) is 7.91. The highest BCUT2D eigenvalue weighted by atomic mass is 15.1. The molecule has 12 heavy (non-hydrogen) atoms. The highest BCUT2D eigenvalue weighted by Gasteiger charge is 2.12. The van der Waals surface area contributed by atoms with Crippen LogP contribution in [0.1, 0.15) is 30.1 Å². The summed E-state index contributed by atoms with van der Waals surface area (Å²) in [5, 5.41) is 0. The minimum Gasteiger partial charge on any atom is -0.335 e. The van der Waals surface area contributed by atoms with Crippen molar-refractivity contribution in [2.24, 2.45) is 12.8 Å². The Bertz CT molecular complexity index is 276. The van der Waals surface area contributed by atoms with Crippen LogP contribution in [0.3, 0.4) is 0 Å².